The van der Waals surface area contributed by atoms with E-state index in [2.05, 4.69) is 10.6 Å². The van der Waals surface area contributed by atoms with Crippen molar-refractivity contribution in [2.24, 2.45) is 0 Å². The van der Waals surface area contributed by atoms with E-state index >= 15 is 0 Å². The second-order valence-electron chi connectivity index (χ2n) is 5.10. The van der Waals surface area contributed by atoms with Crippen LogP contribution in [0.15, 0.2) is 18.2 Å². The number of nitro benzene ring substituents is 1. The molecule has 7 nitrogen and oxygen atoms in total. The fraction of sp³-hybridized carbons (Fsp3) is 0.462. The quantitative estimate of drug-likeness (QED) is 0.624. The summed E-state index contributed by atoms with van der Waals surface area (Å²) in [5.74, 6) is -0.318. The monoisotopic (exact) mass is 279 g/mol. The molecular formula is C13H17N3O4. The number of anilines is 1. The lowest BCUT2D eigenvalue weighted by Crippen LogP contribution is -2.59. The topological polar surface area (TPSA) is 93.5 Å². The highest BCUT2D eigenvalue weighted by molar-refractivity contribution is 5.93. The molecule has 0 radical (unpaired) electrons. The minimum Gasteiger partial charge on any atom is -0.363 e. The molecule has 108 valence electrons. The van der Waals surface area contributed by atoms with Crippen LogP contribution in [0.5, 0.6) is 0 Å². The molecule has 1 saturated heterocycles. The lowest BCUT2D eigenvalue weighted by molar-refractivity contribution is -0.385. The van der Waals surface area contributed by atoms with Crippen molar-refractivity contribution in [3.05, 3.63) is 33.9 Å². The van der Waals surface area contributed by atoms with Crippen molar-refractivity contribution in [2.45, 2.75) is 19.4 Å². The van der Waals surface area contributed by atoms with E-state index in [9.17, 15) is 14.9 Å². The lowest BCUT2D eigenvalue weighted by Gasteiger charge is -2.38. The van der Waals surface area contributed by atoms with Gasteiger partial charge in [-0.2, -0.15) is 0 Å². The van der Waals surface area contributed by atoms with Crippen molar-refractivity contribution in [3.63, 3.8) is 0 Å². The minimum atomic E-state index is -0.470. The van der Waals surface area contributed by atoms with E-state index in [0.717, 1.165) is 13.1 Å². The summed E-state index contributed by atoms with van der Waals surface area (Å²) >= 11 is 0. The van der Waals surface area contributed by atoms with Gasteiger partial charge in [-0.05, 0) is 19.9 Å². The highest BCUT2D eigenvalue weighted by atomic mass is 16.6. The molecule has 2 N–H and O–H groups in total. The summed E-state index contributed by atoms with van der Waals surface area (Å²) in [5.41, 5.74) is 0.556. The van der Waals surface area contributed by atoms with E-state index in [1.54, 1.807) is 19.1 Å². The normalized spacial score (nSPS) is 16.3. The van der Waals surface area contributed by atoms with Crippen LogP contribution in [0, 0.1) is 17.0 Å². The van der Waals surface area contributed by atoms with Crippen LogP contribution in [0.3, 0.4) is 0 Å². The van der Waals surface area contributed by atoms with E-state index in [-0.39, 0.29) is 23.8 Å². The number of nitrogens with one attached hydrogen (secondary N) is 2. The third-order valence-electron chi connectivity index (χ3n) is 3.33. The predicted octanol–water partition coefficient (Wildman–Crippen LogP) is 1.22. The zero-order valence-electron chi connectivity index (χ0n) is 11.4. The number of nitro groups is 1. The molecule has 7 heteroatoms. The van der Waals surface area contributed by atoms with Crippen LogP contribution in [-0.2, 0) is 9.53 Å². The van der Waals surface area contributed by atoms with E-state index < -0.39 is 4.92 Å². The van der Waals surface area contributed by atoms with E-state index in [1.807, 2.05) is 6.92 Å². The average molecular weight is 279 g/mol. The summed E-state index contributed by atoms with van der Waals surface area (Å²) in [5, 5.41) is 16.5. The maximum atomic E-state index is 11.8. The van der Waals surface area contributed by atoms with Crippen LogP contribution >= 0.6 is 0 Å². The minimum absolute atomic E-state index is 0.0149. The Morgan fingerprint density at radius 1 is 1.55 bits per heavy atom. The Hall–Kier alpha value is -1.99. The second-order valence-corrected chi connectivity index (χ2v) is 5.10. The van der Waals surface area contributed by atoms with Gasteiger partial charge in [-0.15, -0.1) is 0 Å². The smallest absolute Gasteiger partial charge is 0.274 e. The van der Waals surface area contributed by atoms with Crippen LogP contribution in [-0.4, -0.2) is 36.1 Å². The Balaban J connectivity index is 1.97. The van der Waals surface area contributed by atoms with Gasteiger partial charge in [0.15, 0.2) is 0 Å². The van der Waals surface area contributed by atoms with Gasteiger partial charge in [-0.25, -0.2) is 0 Å². The first kappa shape index (κ1) is 14.4. The molecule has 1 aliphatic rings. The van der Waals surface area contributed by atoms with Crippen molar-refractivity contribution < 1.29 is 14.5 Å². The standard InChI is InChI=1S/C13H17N3O4/c1-9-10(4-3-5-11(9)16(18)19)15-12(17)6-20-13(2)7-14-8-13/h3-5,14H,6-8H2,1-2H3,(H,15,17). The molecule has 0 saturated carbocycles. The third kappa shape index (κ3) is 3.12. The molecule has 0 aliphatic carbocycles. The number of hydrogen-bond acceptors (Lipinski definition) is 5. The van der Waals surface area contributed by atoms with Crippen LogP contribution in [0.4, 0.5) is 11.4 Å². The Bertz CT molecular complexity index is 540. The molecule has 0 unspecified atom stereocenters. The number of carbonyl (C=O) groups is 1. The zero-order chi connectivity index (χ0) is 14.8. The molecule has 1 aliphatic heterocycles. The fourth-order valence-corrected chi connectivity index (χ4v) is 1.96. The highest BCUT2D eigenvalue weighted by Gasteiger charge is 2.33. The number of rotatable bonds is 5. The molecule has 20 heavy (non-hydrogen) atoms. The number of ether oxygens (including phenoxy) is 1. The largest absolute Gasteiger partial charge is 0.363 e. The molecule has 1 heterocycles. The van der Waals surface area contributed by atoms with Crippen molar-refractivity contribution in [1.29, 1.82) is 0 Å². The summed E-state index contributed by atoms with van der Waals surface area (Å²) in [4.78, 5) is 22.2. The molecule has 0 spiro atoms. The van der Waals surface area contributed by atoms with E-state index in [0.29, 0.717) is 11.3 Å². The predicted molar refractivity (Wildman–Crippen MR) is 73.7 cm³/mol. The van der Waals surface area contributed by atoms with Crippen LogP contribution in [0.25, 0.3) is 0 Å². The average Bonchev–Trinajstić information content (AvgIpc) is 2.36. The molecule has 1 fully saturated rings. The number of carbonyl (C=O) groups excluding carboxylic acids is 1. The first-order valence-corrected chi connectivity index (χ1v) is 6.30. The number of amides is 1. The van der Waals surface area contributed by atoms with Crippen molar-refractivity contribution >= 4 is 17.3 Å². The molecule has 1 aromatic rings. The maximum absolute atomic E-state index is 11.8. The van der Waals surface area contributed by atoms with Gasteiger partial charge in [0.2, 0.25) is 5.91 Å². The summed E-state index contributed by atoms with van der Waals surface area (Å²) in [6.07, 6.45) is 0. The lowest BCUT2D eigenvalue weighted by atomic mass is 10.0. The Morgan fingerprint density at radius 3 is 2.80 bits per heavy atom. The summed E-state index contributed by atoms with van der Waals surface area (Å²) in [7, 11) is 0. The van der Waals surface area contributed by atoms with Gasteiger partial charge >= 0.3 is 0 Å². The highest BCUT2D eigenvalue weighted by Crippen LogP contribution is 2.25. The Morgan fingerprint density at radius 2 is 2.25 bits per heavy atom. The fourth-order valence-electron chi connectivity index (χ4n) is 1.96. The SMILES string of the molecule is Cc1c(NC(=O)COC2(C)CNC2)cccc1[N+](=O)[O-]. The molecule has 0 aromatic heterocycles. The summed E-state index contributed by atoms with van der Waals surface area (Å²) < 4.78 is 5.51. The molecule has 0 bridgehead atoms. The van der Waals surface area contributed by atoms with Gasteiger partial charge in [0.05, 0.1) is 21.8 Å². The van der Waals surface area contributed by atoms with Gasteiger partial charge in [-0.1, -0.05) is 6.07 Å². The van der Waals surface area contributed by atoms with Gasteiger partial charge in [0, 0.05) is 19.2 Å². The Kier molecular flexibility index (Phi) is 4.01. The number of nitrogens with zero attached hydrogens (tertiary/aromatic N) is 1. The maximum Gasteiger partial charge on any atom is 0.274 e. The van der Waals surface area contributed by atoms with Gasteiger partial charge in [0.25, 0.3) is 5.69 Å². The van der Waals surface area contributed by atoms with Crippen molar-refractivity contribution in [2.75, 3.05) is 25.0 Å². The van der Waals surface area contributed by atoms with Gasteiger partial charge in [-0.3, -0.25) is 14.9 Å². The molecule has 1 aromatic carbocycles. The first-order valence-electron chi connectivity index (χ1n) is 6.30. The number of hydrogen-bond donors (Lipinski definition) is 2. The summed E-state index contributed by atoms with van der Waals surface area (Å²) in [6.45, 7) is 4.90. The molecular weight excluding hydrogens is 262 g/mol. The van der Waals surface area contributed by atoms with Crippen LogP contribution in [0.1, 0.15) is 12.5 Å². The van der Waals surface area contributed by atoms with Crippen LogP contribution < -0.4 is 10.6 Å². The zero-order valence-corrected chi connectivity index (χ0v) is 11.4. The van der Waals surface area contributed by atoms with E-state index in [1.165, 1.54) is 6.07 Å². The second kappa shape index (κ2) is 5.56. The van der Waals surface area contributed by atoms with Gasteiger partial charge < -0.3 is 15.4 Å². The molecule has 1 amide bonds. The van der Waals surface area contributed by atoms with Crippen molar-refractivity contribution in [3.8, 4) is 0 Å². The molecule has 0 atom stereocenters. The van der Waals surface area contributed by atoms with Gasteiger partial charge in [0.1, 0.15) is 6.61 Å². The van der Waals surface area contributed by atoms with Crippen LogP contribution in [0.2, 0.25) is 0 Å². The Labute approximate surface area is 116 Å². The third-order valence-corrected chi connectivity index (χ3v) is 3.33. The molecule has 2 rings (SSSR count). The number of benzene rings is 1. The van der Waals surface area contributed by atoms with Crippen molar-refractivity contribution in [1.82, 2.24) is 5.32 Å². The summed E-state index contributed by atoms with van der Waals surface area (Å²) in [6, 6.07) is 4.58. The van der Waals surface area contributed by atoms with E-state index in [4.69, 9.17) is 4.74 Å². The first-order chi connectivity index (χ1) is 9.41.